The molecule has 20 heavy (non-hydrogen) atoms. The fourth-order valence-electron chi connectivity index (χ4n) is 1.87. The molecule has 0 aromatic heterocycles. The van der Waals surface area contributed by atoms with Gasteiger partial charge in [-0.2, -0.15) is 0 Å². The van der Waals surface area contributed by atoms with Crippen LogP contribution < -0.4 is 10.0 Å². The van der Waals surface area contributed by atoms with Crippen LogP contribution in [-0.2, 0) is 10.0 Å². The van der Waals surface area contributed by atoms with Crippen molar-refractivity contribution in [3.63, 3.8) is 0 Å². The Hall–Kier alpha value is -1.11. The second kappa shape index (κ2) is 7.61. The van der Waals surface area contributed by atoms with E-state index >= 15 is 0 Å². The van der Waals surface area contributed by atoms with Gasteiger partial charge in [0.05, 0.1) is 6.26 Å². The van der Waals surface area contributed by atoms with E-state index in [1.165, 1.54) is 0 Å². The second-order valence-corrected chi connectivity index (χ2v) is 6.99. The average Bonchev–Trinajstić information content (AvgIpc) is 2.35. The first kappa shape index (κ1) is 16.9. The van der Waals surface area contributed by atoms with Crippen molar-refractivity contribution in [2.75, 3.05) is 24.1 Å². The summed E-state index contributed by atoms with van der Waals surface area (Å²) >= 11 is 0. The summed E-state index contributed by atoms with van der Waals surface area (Å²) in [5.74, 6) is 0.425. The van der Waals surface area contributed by atoms with Crippen molar-refractivity contribution < 1.29 is 13.5 Å². The first-order valence-corrected chi connectivity index (χ1v) is 8.63. The third-order valence-corrected chi connectivity index (χ3v) is 3.71. The van der Waals surface area contributed by atoms with Gasteiger partial charge in [-0.25, -0.2) is 8.42 Å². The molecule has 2 unspecified atom stereocenters. The number of anilines is 1. The van der Waals surface area contributed by atoms with Crippen molar-refractivity contribution in [3.8, 4) is 0 Å². The molecule has 114 valence electrons. The van der Waals surface area contributed by atoms with E-state index in [1.54, 1.807) is 12.1 Å². The van der Waals surface area contributed by atoms with Crippen LogP contribution >= 0.6 is 0 Å². The Morgan fingerprint density at radius 3 is 2.30 bits per heavy atom. The molecule has 0 heterocycles. The minimum Gasteiger partial charge on any atom is -0.396 e. The lowest BCUT2D eigenvalue weighted by molar-refractivity contribution is 0.258. The third kappa shape index (κ3) is 6.36. The van der Waals surface area contributed by atoms with Crippen LogP contribution in [0, 0.1) is 5.92 Å². The summed E-state index contributed by atoms with van der Waals surface area (Å²) in [4.78, 5) is 0. The van der Waals surface area contributed by atoms with Gasteiger partial charge in [0.15, 0.2) is 0 Å². The summed E-state index contributed by atoms with van der Waals surface area (Å²) in [6.07, 6.45) is 1.92. The molecule has 2 atom stereocenters. The molecule has 0 fully saturated rings. The first-order valence-electron chi connectivity index (χ1n) is 6.74. The van der Waals surface area contributed by atoms with Gasteiger partial charge in [-0.15, -0.1) is 0 Å². The van der Waals surface area contributed by atoms with E-state index in [9.17, 15) is 8.42 Å². The lowest BCUT2D eigenvalue weighted by atomic mass is 10.1. The van der Waals surface area contributed by atoms with E-state index in [0.717, 1.165) is 24.8 Å². The lowest BCUT2D eigenvalue weighted by Crippen LogP contribution is -2.25. The first-order chi connectivity index (χ1) is 9.31. The van der Waals surface area contributed by atoms with Crippen LogP contribution in [0.25, 0.3) is 0 Å². The SMILES string of the molecule is CC(CCO)CNC(C)c1ccc(NS(C)(=O)=O)cc1. The van der Waals surface area contributed by atoms with Gasteiger partial charge in [0.1, 0.15) is 0 Å². The molecule has 6 heteroatoms. The lowest BCUT2D eigenvalue weighted by Gasteiger charge is -2.18. The Morgan fingerprint density at radius 1 is 1.20 bits per heavy atom. The van der Waals surface area contributed by atoms with Crippen LogP contribution in [0.1, 0.15) is 31.9 Å². The van der Waals surface area contributed by atoms with Gasteiger partial charge < -0.3 is 10.4 Å². The number of rotatable bonds is 8. The molecule has 0 saturated heterocycles. The predicted molar refractivity (Wildman–Crippen MR) is 82.2 cm³/mol. The Bertz CT molecular complexity index is 500. The van der Waals surface area contributed by atoms with Gasteiger partial charge in [-0.05, 0) is 43.5 Å². The van der Waals surface area contributed by atoms with Crippen molar-refractivity contribution in [1.82, 2.24) is 5.32 Å². The van der Waals surface area contributed by atoms with E-state index in [4.69, 9.17) is 5.11 Å². The number of hydrogen-bond acceptors (Lipinski definition) is 4. The molecule has 1 rings (SSSR count). The molecular formula is C14H24N2O3S. The number of nitrogens with one attached hydrogen (secondary N) is 2. The Balaban J connectivity index is 2.55. The van der Waals surface area contributed by atoms with Gasteiger partial charge in [-0.1, -0.05) is 19.1 Å². The fraction of sp³-hybridized carbons (Fsp3) is 0.571. The van der Waals surface area contributed by atoms with E-state index in [1.807, 2.05) is 12.1 Å². The molecule has 0 spiro atoms. The third-order valence-electron chi connectivity index (χ3n) is 3.11. The molecule has 0 saturated carbocycles. The maximum absolute atomic E-state index is 11.1. The molecule has 0 amide bonds. The monoisotopic (exact) mass is 300 g/mol. The van der Waals surface area contributed by atoms with Crippen LogP contribution in [0.2, 0.25) is 0 Å². The van der Waals surface area contributed by atoms with E-state index in [-0.39, 0.29) is 12.6 Å². The minimum absolute atomic E-state index is 0.184. The van der Waals surface area contributed by atoms with Crippen LogP contribution in [0.5, 0.6) is 0 Å². The highest BCUT2D eigenvalue weighted by Gasteiger charge is 2.08. The van der Waals surface area contributed by atoms with Gasteiger partial charge >= 0.3 is 0 Å². The quantitative estimate of drug-likeness (QED) is 0.683. The molecule has 0 aliphatic carbocycles. The topological polar surface area (TPSA) is 78.4 Å². The highest BCUT2D eigenvalue weighted by Crippen LogP contribution is 2.17. The summed E-state index contributed by atoms with van der Waals surface area (Å²) in [6.45, 7) is 5.20. The number of aliphatic hydroxyl groups excluding tert-OH is 1. The number of sulfonamides is 1. The summed E-state index contributed by atoms with van der Waals surface area (Å²) in [7, 11) is -3.23. The molecule has 0 radical (unpaired) electrons. The zero-order valence-electron chi connectivity index (χ0n) is 12.3. The summed E-state index contributed by atoms with van der Waals surface area (Å²) in [6, 6.07) is 7.50. The molecular weight excluding hydrogens is 276 g/mol. The van der Waals surface area contributed by atoms with Gasteiger partial charge in [0, 0.05) is 18.3 Å². The Kier molecular flexibility index (Phi) is 6.45. The smallest absolute Gasteiger partial charge is 0.229 e. The molecule has 0 bridgehead atoms. The van der Waals surface area contributed by atoms with E-state index < -0.39 is 10.0 Å². The number of benzene rings is 1. The van der Waals surface area contributed by atoms with Crippen molar-refractivity contribution in [2.24, 2.45) is 5.92 Å². The number of aliphatic hydroxyl groups is 1. The van der Waals surface area contributed by atoms with Crippen LogP contribution in [-0.4, -0.2) is 32.9 Å². The van der Waals surface area contributed by atoms with Crippen molar-refractivity contribution in [3.05, 3.63) is 29.8 Å². The molecule has 1 aromatic carbocycles. The van der Waals surface area contributed by atoms with Crippen LogP contribution in [0.4, 0.5) is 5.69 Å². The number of hydrogen-bond donors (Lipinski definition) is 3. The maximum Gasteiger partial charge on any atom is 0.229 e. The van der Waals surface area contributed by atoms with Crippen LogP contribution in [0.3, 0.4) is 0 Å². The van der Waals surface area contributed by atoms with Crippen LogP contribution in [0.15, 0.2) is 24.3 Å². The largest absolute Gasteiger partial charge is 0.396 e. The molecule has 1 aromatic rings. The van der Waals surface area contributed by atoms with Gasteiger partial charge in [0.2, 0.25) is 10.0 Å². The maximum atomic E-state index is 11.1. The predicted octanol–water partition coefficient (Wildman–Crippen LogP) is 1.73. The highest BCUT2D eigenvalue weighted by atomic mass is 32.2. The standard InChI is InChI=1S/C14H24N2O3S/c1-11(8-9-17)10-15-12(2)13-4-6-14(7-5-13)16-20(3,18)19/h4-7,11-12,15-17H,8-10H2,1-3H3. The molecule has 5 nitrogen and oxygen atoms in total. The summed E-state index contributed by atoms with van der Waals surface area (Å²) in [5.41, 5.74) is 1.66. The van der Waals surface area contributed by atoms with Gasteiger partial charge in [-0.3, -0.25) is 4.72 Å². The van der Waals surface area contributed by atoms with Crippen molar-refractivity contribution in [1.29, 1.82) is 0 Å². The molecule has 3 N–H and O–H groups in total. The van der Waals surface area contributed by atoms with E-state index in [2.05, 4.69) is 23.9 Å². The van der Waals surface area contributed by atoms with Crippen molar-refractivity contribution in [2.45, 2.75) is 26.3 Å². The highest BCUT2D eigenvalue weighted by molar-refractivity contribution is 7.92. The Labute approximate surface area is 121 Å². The van der Waals surface area contributed by atoms with E-state index in [0.29, 0.717) is 11.6 Å². The van der Waals surface area contributed by atoms with Gasteiger partial charge in [0.25, 0.3) is 0 Å². The molecule has 0 aliphatic heterocycles. The summed E-state index contributed by atoms with van der Waals surface area (Å²) < 4.78 is 24.7. The second-order valence-electron chi connectivity index (χ2n) is 5.24. The zero-order valence-corrected chi connectivity index (χ0v) is 13.1. The Morgan fingerprint density at radius 2 is 1.80 bits per heavy atom. The normalized spacial score (nSPS) is 14.8. The zero-order chi connectivity index (χ0) is 15.2. The average molecular weight is 300 g/mol. The minimum atomic E-state index is -3.23. The summed E-state index contributed by atoms with van der Waals surface area (Å²) in [5, 5.41) is 12.3. The molecule has 0 aliphatic rings. The van der Waals surface area contributed by atoms with Crippen molar-refractivity contribution >= 4 is 15.7 Å². The fourth-order valence-corrected chi connectivity index (χ4v) is 2.44.